The highest BCUT2D eigenvalue weighted by atomic mass is 35.5. The summed E-state index contributed by atoms with van der Waals surface area (Å²) in [5.74, 6) is 2.42. The van der Waals surface area contributed by atoms with E-state index in [4.69, 9.17) is 16.3 Å². The maximum Gasteiger partial charge on any atom is 0.223 e. The fraction of sp³-hybridized carbons (Fsp3) is 0.923. The summed E-state index contributed by atoms with van der Waals surface area (Å²) in [5.41, 5.74) is 0. The molecule has 3 nitrogen and oxygen atoms in total. The van der Waals surface area contributed by atoms with Crippen LogP contribution in [0, 0.1) is 17.8 Å². The van der Waals surface area contributed by atoms with Crippen molar-refractivity contribution in [2.24, 2.45) is 17.8 Å². The molecule has 0 saturated heterocycles. The molecule has 0 aromatic heterocycles. The Morgan fingerprint density at radius 2 is 2.06 bits per heavy atom. The minimum absolute atomic E-state index is 0.0765. The number of carbonyl (C=O) groups excluding carboxylic acids is 1. The van der Waals surface area contributed by atoms with E-state index >= 15 is 0 Å². The Morgan fingerprint density at radius 1 is 1.41 bits per heavy atom. The summed E-state index contributed by atoms with van der Waals surface area (Å²) in [7, 11) is 1.66. The minimum Gasteiger partial charge on any atom is -0.383 e. The van der Waals surface area contributed by atoms with Crippen molar-refractivity contribution in [2.45, 2.75) is 38.1 Å². The molecule has 3 unspecified atom stereocenters. The van der Waals surface area contributed by atoms with Crippen molar-refractivity contribution in [1.29, 1.82) is 0 Å². The molecular formula is C13H22ClNO2. The van der Waals surface area contributed by atoms with Gasteiger partial charge in [-0.05, 0) is 31.1 Å². The van der Waals surface area contributed by atoms with Gasteiger partial charge >= 0.3 is 0 Å². The number of amides is 1. The van der Waals surface area contributed by atoms with E-state index in [0.29, 0.717) is 24.3 Å². The lowest BCUT2D eigenvalue weighted by molar-refractivity contribution is -0.124. The molecule has 3 atom stereocenters. The van der Waals surface area contributed by atoms with Gasteiger partial charge in [-0.25, -0.2) is 0 Å². The molecule has 2 saturated carbocycles. The van der Waals surface area contributed by atoms with Gasteiger partial charge in [-0.1, -0.05) is 12.8 Å². The Balaban J connectivity index is 1.79. The number of nitrogens with one attached hydrogen (secondary N) is 1. The minimum atomic E-state index is 0.0765. The van der Waals surface area contributed by atoms with Crippen molar-refractivity contribution < 1.29 is 9.53 Å². The topological polar surface area (TPSA) is 38.3 Å². The molecule has 0 heterocycles. The highest BCUT2D eigenvalue weighted by Crippen LogP contribution is 2.55. The second kappa shape index (κ2) is 6.05. The summed E-state index contributed by atoms with van der Waals surface area (Å²) in [4.78, 5) is 12.1. The SMILES string of the molecule is COCC(CCCl)NC(=O)C1C2CCCCC21. The number of hydrogen-bond donors (Lipinski definition) is 1. The van der Waals surface area contributed by atoms with E-state index in [1.807, 2.05) is 0 Å². The van der Waals surface area contributed by atoms with E-state index in [9.17, 15) is 4.79 Å². The van der Waals surface area contributed by atoms with E-state index in [1.165, 1.54) is 25.7 Å². The molecule has 0 bridgehead atoms. The zero-order valence-electron chi connectivity index (χ0n) is 10.5. The van der Waals surface area contributed by atoms with Gasteiger partial charge in [-0.15, -0.1) is 11.6 Å². The third-order valence-corrected chi connectivity index (χ3v) is 4.35. The van der Waals surface area contributed by atoms with E-state index < -0.39 is 0 Å². The van der Waals surface area contributed by atoms with Gasteiger partial charge in [-0.3, -0.25) is 4.79 Å². The van der Waals surface area contributed by atoms with Crippen LogP contribution in [0.1, 0.15) is 32.1 Å². The van der Waals surface area contributed by atoms with Crippen LogP contribution in [0.4, 0.5) is 0 Å². The van der Waals surface area contributed by atoms with Crippen molar-refractivity contribution in [3.8, 4) is 0 Å². The normalized spacial score (nSPS) is 32.7. The number of carbonyl (C=O) groups is 1. The highest BCUT2D eigenvalue weighted by molar-refractivity contribution is 6.17. The average Bonchev–Trinajstić information content (AvgIpc) is 3.03. The van der Waals surface area contributed by atoms with Gasteiger partial charge < -0.3 is 10.1 Å². The van der Waals surface area contributed by atoms with Crippen LogP contribution in [0.15, 0.2) is 0 Å². The van der Waals surface area contributed by atoms with Gasteiger partial charge in [0.15, 0.2) is 0 Å². The third kappa shape index (κ3) is 3.14. The smallest absolute Gasteiger partial charge is 0.223 e. The van der Waals surface area contributed by atoms with Crippen LogP contribution >= 0.6 is 11.6 Å². The third-order valence-electron chi connectivity index (χ3n) is 4.13. The Morgan fingerprint density at radius 3 is 2.59 bits per heavy atom. The fourth-order valence-corrected chi connectivity index (χ4v) is 3.47. The predicted molar refractivity (Wildman–Crippen MR) is 68.1 cm³/mol. The zero-order valence-corrected chi connectivity index (χ0v) is 11.2. The largest absolute Gasteiger partial charge is 0.383 e. The second-order valence-electron chi connectivity index (χ2n) is 5.28. The lowest BCUT2D eigenvalue weighted by Gasteiger charge is -2.16. The molecule has 2 rings (SSSR count). The summed E-state index contributed by atoms with van der Waals surface area (Å²) < 4.78 is 5.10. The summed E-state index contributed by atoms with van der Waals surface area (Å²) in [5, 5.41) is 3.09. The maximum absolute atomic E-state index is 12.1. The highest BCUT2D eigenvalue weighted by Gasteiger charge is 2.54. The number of halogens is 1. The maximum atomic E-state index is 12.1. The molecule has 1 N–H and O–H groups in total. The van der Waals surface area contributed by atoms with E-state index in [0.717, 1.165) is 6.42 Å². The van der Waals surface area contributed by atoms with Crippen molar-refractivity contribution in [3.05, 3.63) is 0 Å². The van der Waals surface area contributed by atoms with E-state index in [1.54, 1.807) is 7.11 Å². The van der Waals surface area contributed by atoms with E-state index in [-0.39, 0.29) is 17.9 Å². The van der Waals surface area contributed by atoms with Gasteiger partial charge in [0, 0.05) is 18.9 Å². The van der Waals surface area contributed by atoms with Crippen LogP contribution in [-0.4, -0.2) is 31.5 Å². The zero-order chi connectivity index (χ0) is 12.3. The summed E-state index contributed by atoms with van der Waals surface area (Å²) in [6.45, 7) is 0.556. The number of methoxy groups -OCH3 is 1. The summed E-state index contributed by atoms with van der Waals surface area (Å²) in [6, 6.07) is 0.0765. The van der Waals surface area contributed by atoms with Crippen molar-refractivity contribution >= 4 is 17.5 Å². The van der Waals surface area contributed by atoms with E-state index in [2.05, 4.69) is 5.32 Å². The molecule has 0 spiro atoms. The van der Waals surface area contributed by atoms with Gasteiger partial charge in [0.1, 0.15) is 0 Å². The predicted octanol–water partition coefficient (Wildman–Crippen LogP) is 2.18. The second-order valence-corrected chi connectivity index (χ2v) is 5.65. The molecule has 1 amide bonds. The molecule has 0 aliphatic heterocycles. The molecule has 17 heavy (non-hydrogen) atoms. The van der Waals surface area contributed by atoms with Crippen molar-refractivity contribution in [3.63, 3.8) is 0 Å². The number of hydrogen-bond acceptors (Lipinski definition) is 2. The molecule has 0 aromatic carbocycles. The monoisotopic (exact) mass is 259 g/mol. The number of alkyl halides is 1. The Hall–Kier alpha value is -0.280. The summed E-state index contributed by atoms with van der Waals surface area (Å²) in [6.07, 6.45) is 5.87. The molecule has 2 aliphatic rings. The molecule has 4 heteroatoms. The Bertz CT molecular complexity index is 254. The number of ether oxygens (including phenoxy) is 1. The van der Waals surface area contributed by atoms with Crippen molar-refractivity contribution in [1.82, 2.24) is 5.32 Å². The first-order chi connectivity index (χ1) is 8.27. The van der Waals surface area contributed by atoms with Crippen LogP contribution in [0.25, 0.3) is 0 Å². The van der Waals surface area contributed by atoms with Gasteiger partial charge in [-0.2, -0.15) is 0 Å². The van der Waals surface area contributed by atoms with Crippen LogP contribution < -0.4 is 5.32 Å². The molecule has 2 fully saturated rings. The molecule has 2 aliphatic carbocycles. The Kier molecular flexibility index (Phi) is 4.69. The quantitative estimate of drug-likeness (QED) is 0.743. The standard InChI is InChI=1S/C13H22ClNO2/c1-17-8-9(6-7-14)15-13(16)12-10-4-2-3-5-11(10)12/h9-12H,2-8H2,1H3,(H,15,16). The van der Waals surface area contributed by atoms with Crippen LogP contribution in [0.2, 0.25) is 0 Å². The lowest BCUT2D eigenvalue weighted by atomic mass is 10.0. The molecular weight excluding hydrogens is 238 g/mol. The van der Waals surface area contributed by atoms with Gasteiger partial charge in [0.05, 0.1) is 12.6 Å². The Labute approximate surface area is 108 Å². The fourth-order valence-electron chi connectivity index (χ4n) is 3.21. The van der Waals surface area contributed by atoms with Crippen LogP contribution in [0.3, 0.4) is 0 Å². The van der Waals surface area contributed by atoms with Gasteiger partial charge in [0.25, 0.3) is 0 Å². The lowest BCUT2D eigenvalue weighted by Crippen LogP contribution is -2.39. The molecule has 0 aromatic rings. The van der Waals surface area contributed by atoms with Crippen LogP contribution in [0.5, 0.6) is 0 Å². The first-order valence-corrected chi connectivity index (χ1v) is 7.16. The van der Waals surface area contributed by atoms with Gasteiger partial charge in [0.2, 0.25) is 5.91 Å². The number of rotatable bonds is 6. The molecule has 0 radical (unpaired) electrons. The molecule has 98 valence electrons. The first-order valence-electron chi connectivity index (χ1n) is 6.63. The van der Waals surface area contributed by atoms with Crippen LogP contribution in [-0.2, 0) is 9.53 Å². The summed E-state index contributed by atoms with van der Waals surface area (Å²) >= 11 is 5.73. The first kappa shape index (κ1) is 13.2. The number of fused-ring (bicyclic) bond motifs is 1. The average molecular weight is 260 g/mol. The van der Waals surface area contributed by atoms with Crippen molar-refractivity contribution in [2.75, 3.05) is 19.6 Å².